The molecule has 1 unspecified atom stereocenters. The van der Waals surface area contributed by atoms with Crippen LogP contribution < -0.4 is 5.73 Å². The maximum absolute atomic E-state index is 9.97. The Kier molecular flexibility index (Phi) is 3.56. The van der Waals surface area contributed by atoms with Gasteiger partial charge in [-0.1, -0.05) is 12.8 Å². The van der Waals surface area contributed by atoms with Gasteiger partial charge in [-0.05, 0) is 32.7 Å². The monoisotopic (exact) mass is 224 g/mol. The summed E-state index contributed by atoms with van der Waals surface area (Å²) in [4.78, 5) is 0. The first-order valence-corrected chi connectivity index (χ1v) is 6.03. The predicted molar refractivity (Wildman–Crippen MR) is 60.9 cm³/mol. The van der Waals surface area contributed by atoms with E-state index in [0.29, 0.717) is 24.8 Å². The van der Waals surface area contributed by atoms with Crippen LogP contribution in [0.3, 0.4) is 0 Å². The molecular weight excluding hydrogens is 204 g/mol. The topological polar surface area (TPSA) is 77.0 Å². The molecule has 16 heavy (non-hydrogen) atoms. The van der Waals surface area contributed by atoms with E-state index in [2.05, 4.69) is 14.8 Å². The van der Waals surface area contributed by atoms with Crippen LogP contribution in [0.25, 0.3) is 0 Å². The van der Waals surface area contributed by atoms with E-state index in [-0.39, 0.29) is 0 Å². The molecule has 1 aromatic rings. The highest BCUT2D eigenvalue weighted by atomic mass is 16.3. The molecule has 0 aromatic carbocycles. The van der Waals surface area contributed by atoms with Gasteiger partial charge in [-0.2, -0.15) is 0 Å². The zero-order valence-electron chi connectivity index (χ0n) is 9.76. The van der Waals surface area contributed by atoms with E-state index >= 15 is 0 Å². The van der Waals surface area contributed by atoms with E-state index in [0.717, 1.165) is 5.82 Å². The van der Waals surface area contributed by atoms with Gasteiger partial charge in [-0.3, -0.25) is 0 Å². The van der Waals surface area contributed by atoms with Gasteiger partial charge in [-0.15, -0.1) is 10.2 Å². The van der Waals surface area contributed by atoms with Crippen molar-refractivity contribution in [2.45, 2.75) is 51.2 Å². The highest BCUT2D eigenvalue weighted by molar-refractivity contribution is 5.01. The minimum atomic E-state index is -0.577. The largest absolute Gasteiger partial charge is 0.385 e. The second kappa shape index (κ2) is 4.93. The maximum Gasteiger partial charge on any atom is 0.162 e. The Labute approximate surface area is 95.7 Å². The van der Waals surface area contributed by atoms with Crippen LogP contribution >= 0.6 is 0 Å². The Bertz CT molecular complexity index is 344. The summed E-state index contributed by atoms with van der Waals surface area (Å²) in [6, 6.07) is 0.470. The number of aromatic nitrogens is 3. The molecular formula is C11H20N4O. The molecule has 0 radical (unpaired) electrons. The van der Waals surface area contributed by atoms with Crippen molar-refractivity contribution in [3.8, 4) is 0 Å². The van der Waals surface area contributed by atoms with Crippen molar-refractivity contribution in [2.75, 3.05) is 6.54 Å². The molecule has 3 N–H and O–H groups in total. The molecule has 0 saturated heterocycles. The Balaban J connectivity index is 2.24. The average Bonchev–Trinajstić information content (AvgIpc) is 2.86. The summed E-state index contributed by atoms with van der Waals surface area (Å²) in [7, 11) is 0. The van der Waals surface area contributed by atoms with E-state index in [9.17, 15) is 5.11 Å². The first kappa shape index (κ1) is 11.5. The number of nitrogens with two attached hydrogens (primary N) is 1. The molecule has 1 heterocycles. The maximum atomic E-state index is 9.97. The van der Waals surface area contributed by atoms with Gasteiger partial charge in [0.05, 0.1) is 0 Å². The lowest BCUT2D eigenvalue weighted by molar-refractivity contribution is 0.152. The fourth-order valence-corrected chi connectivity index (χ4v) is 2.51. The van der Waals surface area contributed by atoms with Gasteiger partial charge >= 0.3 is 0 Å². The number of rotatable bonds is 4. The number of hydrogen-bond acceptors (Lipinski definition) is 4. The zero-order valence-corrected chi connectivity index (χ0v) is 9.76. The van der Waals surface area contributed by atoms with Gasteiger partial charge in [0.25, 0.3) is 0 Å². The first-order chi connectivity index (χ1) is 7.74. The summed E-state index contributed by atoms with van der Waals surface area (Å²) in [5, 5.41) is 18.1. The molecule has 0 bridgehead atoms. The molecule has 0 spiro atoms. The third kappa shape index (κ3) is 2.10. The number of aliphatic hydroxyl groups is 1. The van der Waals surface area contributed by atoms with E-state index in [1.54, 1.807) is 0 Å². The molecule has 1 aliphatic rings. The number of aryl methyl sites for hydroxylation is 1. The minimum Gasteiger partial charge on any atom is -0.385 e. The van der Waals surface area contributed by atoms with Gasteiger partial charge in [0.2, 0.25) is 0 Å². The van der Waals surface area contributed by atoms with Crippen LogP contribution in [0.4, 0.5) is 0 Å². The van der Waals surface area contributed by atoms with Crippen molar-refractivity contribution in [1.82, 2.24) is 14.8 Å². The van der Waals surface area contributed by atoms with Gasteiger partial charge in [0.1, 0.15) is 11.9 Å². The third-order valence-corrected chi connectivity index (χ3v) is 3.32. The highest BCUT2D eigenvalue weighted by Crippen LogP contribution is 2.32. The predicted octanol–water partition coefficient (Wildman–Crippen LogP) is 1.08. The van der Waals surface area contributed by atoms with Crippen molar-refractivity contribution in [1.29, 1.82) is 0 Å². The summed E-state index contributed by atoms with van der Waals surface area (Å²) in [5.41, 5.74) is 5.46. The molecule has 1 aliphatic carbocycles. The molecule has 90 valence electrons. The number of nitrogens with zero attached hydrogens (tertiary/aromatic N) is 3. The molecule has 0 aliphatic heterocycles. The Morgan fingerprint density at radius 2 is 2.12 bits per heavy atom. The van der Waals surface area contributed by atoms with Crippen LogP contribution in [0.15, 0.2) is 0 Å². The molecule has 1 atom stereocenters. The lowest BCUT2D eigenvalue weighted by Gasteiger charge is -2.18. The lowest BCUT2D eigenvalue weighted by atomic mass is 10.2. The second-order valence-corrected chi connectivity index (χ2v) is 4.51. The zero-order chi connectivity index (χ0) is 11.5. The second-order valence-electron chi connectivity index (χ2n) is 4.51. The Morgan fingerprint density at radius 3 is 2.75 bits per heavy atom. The average molecular weight is 224 g/mol. The van der Waals surface area contributed by atoms with Crippen LogP contribution in [0, 0.1) is 6.92 Å². The van der Waals surface area contributed by atoms with Gasteiger partial charge in [0, 0.05) is 6.04 Å². The van der Waals surface area contributed by atoms with Crippen LogP contribution in [0.1, 0.15) is 55.9 Å². The minimum absolute atomic E-state index is 0.470. The number of hydrogen-bond donors (Lipinski definition) is 2. The van der Waals surface area contributed by atoms with E-state index in [1.165, 1.54) is 25.7 Å². The third-order valence-electron chi connectivity index (χ3n) is 3.32. The lowest BCUT2D eigenvalue weighted by Crippen LogP contribution is -2.16. The molecule has 5 heteroatoms. The molecule has 1 fully saturated rings. The van der Waals surface area contributed by atoms with Gasteiger partial charge < -0.3 is 15.4 Å². The molecule has 1 aromatic heterocycles. The quantitative estimate of drug-likeness (QED) is 0.802. The molecule has 0 amide bonds. The Hall–Kier alpha value is -0.940. The smallest absolute Gasteiger partial charge is 0.162 e. The summed E-state index contributed by atoms with van der Waals surface area (Å²) < 4.78 is 2.10. The molecule has 5 nitrogen and oxygen atoms in total. The Morgan fingerprint density at radius 1 is 1.44 bits per heavy atom. The number of aliphatic hydroxyl groups excluding tert-OH is 1. The molecule has 1 saturated carbocycles. The van der Waals surface area contributed by atoms with Gasteiger partial charge in [0.15, 0.2) is 5.82 Å². The van der Waals surface area contributed by atoms with Crippen molar-refractivity contribution in [3.63, 3.8) is 0 Å². The summed E-state index contributed by atoms with van der Waals surface area (Å²) >= 11 is 0. The SMILES string of the molecule is Cc1nnc(C(O)CCN)n1C1CCCC1. The normalized spacial score (nSPS) is 19.2. The van der Waals surface area contributed by atoms with Crippen LogP contribution in [0.2, 0.25) is 0 Å². The highest BCUT2D eigenvalue weighted by Gasteiger charge is 2.25. The van der Waals surface area contributed by atoms with Gasteiger partial charge in [-0.25, -0.2) is 0 Å². The van der Waals surface area contributed by atoms with E-state index in [1.807, 2.05) is 6.92 Å². The van der Waals surface area contributed by atoms with Crippen LogP contribution in [-0.2, 0) is 0 Å². The fourth-order valence-electron chi connectivity index (χ4n) is 2.51. The first-order valence-electron chi connectivity index (χ1n) is 6.03. The van der Waals surface area contributed by atoms with Crippen molar-refractivity contribution in [2.24, 2.45) is 5.73 Å². The summed E-state index contributed by atoms with van der Waals surface area (Å²) in [6.07, 6.45) is 4.82. The van der Waals surface area contributed by atoms with Crippen LogP contribution in [0.5, 0.6) is 0 Å². The standard InChI is InChI=1S/C11H20N4O/c1-8-13-14-11(10(16)6-7-12)15(8)9-4-2-3-5-9/h9-10,16H,2-7,12H2,1H3. The molecule has 2 rings (SSSR count). The summed E-state index contributed by atoms with van der Waals surface area (Å²) in [6.45, 7) is 2.42. The van der Waals surface area contributed by atoms with E-state index in [4.69, 9.17) is 5.73 Å². The van der Waals surface area contributed by atoms with Crippen molar-refractivity contribution < 1.29 is 5.11 Å². The summed E-state index contributed by atoms with van der Waals surface area (Å²) in [5.74, 6) is 1.59. The fraction of sp³-hybridized carbons (Fsp3) is 0.818. The van der Waals surface area contributed by atoms with Crippen molar-refractivity contribution >= 4 is 0 Å². The van der Waals surface area contributed by atoms with Crippen LogP contribution in [-0.4, -0.2) is 26.4 Å². The van der Waals surface area contributed by atoms with E-state index < -0.39 is 6.10 Å². The van der Waals surface area contributed by atoms with Crippen molar-refractivity contribution in [3.05, 3.63) is 11.6 Å².